The van der Waals surface area contributed by atoms with Crippen molar-refractivity contribution in [1.82, 2.24) is 19.8 Å². The molecule has 0 radical (unpaired) electrons. The summed E-state index contributed by atoms with van der Waals surface area (Å²) in [6, 6.07) is 4.47. The normalized spacial score (nSPS) is 19.4. The molecule has 6 heteroatoms. The van der Waals surface area contributed by atoms with Gasteiger partial charge in [-0.2, -0.15) is 5.10 Å². The van der Waals surface area contributed by atoms with Crippen LogP contribution in [0.3, 0.4) is 0 Å². The average Bonchev–Trinajstić information content (AvgIpc) is 3.04. The summed E-state index contributed by atoms with van der Waals surface area (Å²) in [4.78, 5) is 2.41. The molecule has 1 atom stereocenters. The second kappa shape index (κ2) is 6.41. The number of hydrogen-bond acceptors (Lipinski definition) is 5. The summed E-state index contributed by atoms with van der Waals surface area (Å²) in [7, 11) is 0. The summed E-state index contributed by atoms with van der Waals surface area (Å²) in [5, 5.41) is 8.51. The highest BCUT2D eigenvalue weighted by Gasteiger charge is 2.25. The monoisotopic (exact) mass is 290 g/mol. The van der Waals surface area contributed by atoms with Gasteiger partial charge >= 0.3 is 0 Å². The molecular formula is C15H22N4O2. The van der Waals surface area contributed by atoms with Crippen LogP contribution in [0.4, 0.5) is 0 Å². The summed E-state index contributed by atoms with van der Waals surface area (Å²) >= 11 is 0. The fraction of sp³-hybridized carbons (Fsp3) is 0.600. The number of aromatic nitrogens is 3. The molecule has 0 amide bonds. The maximum Gasteiger partial charge on any atom is 0.133 e. The lowest BCUT2D eigenvalue weighted by atomic mass is 10.1. The Bertz CT molecular complexity index is 578. The van der Waals surface area contributed by atoms with Gasteiger partial charge < -0.3 is 9.26 Å². The highest BCUT2D eigenvalue weighted by Crippen LogP contribution is 2.20. The molecule has 1 aliphatic rings. The zero-order valence-corrected chi connectivity index (χ0v) is 12.7. The molecule has 114 valence electrons. The summed E-state index contributed by atoms with van der Waals surface area (Å²) in [5.74, 6) is 0.853. The van der Waals surface area contributed by atoms with Crippen molar-refractivity contribution in [1.29, 1.82) is 0 Å². The number of fused-ring (bicyclic) bond motifs is 1. The van der Waals surface area contributed by atoms with Crippen molar-refractivity contribution in [3.63, 3.8) is 0 Å². The SMILES string of the molecule is CCOCC1CCn2nccc2CN1Cc1cc(C)on1. The van der Waals surface area contributed by atoms with Crippen LogP contribution in [0, 0.1) is 6.92 Å². The van der Waals surface area contributed by atoms with E-state index in [2.05, 4.69) is 25.9 Å². The van der Waals surface area contributed by atoms with Gasteiger partial charge in [0.25, 0.3) is 0 Å². The average molecular weight is 290 g/mol. The lowest BCUT2D eigenvalue weighted by molar-refractivity contribution is 0.0548. The first kappa shape index (κ1) is 14.3. The van der Waals surface area contributed by atoms with E-state index >= 15 is 0 Å². The van der Waals surface area contributed by atoms with Gasteiger partial charge in [-0.1, -0.05) is 5.16 Å². The molecule has 0 aliphatic carbocycles. The summed E-state index contributed by atoms with van der Waals surface area (Å²) < 4.78 is 12.9. The number of rotatable bonds is 5. The molecule has 0 saturated carbocycles. The molecule has 0 bridgehead atoms. The molecular weight excluding hydrogens is 268 g/mol. The minimum atomic E-state index is 0.378. The molecule has 3 heterocycles. The first-order chi connectivity index (χ1) is 10.3. The van der Waals surface area contributed by atoms with E-state index in [4.69, 9.17) is 9.26 Å². The lowest BCUT2D eigenvalue weighted by Crippen LogP contribution is -2.37. The van der Waals surface area contributed by atoms with Crippen molar-refractivity contribution in [2.45, 2.75) is 45.9 Å². The van der Waals surface area contributed by atoms with E-state index in [0.29, 0.717) is 6.04 Å². The van der Waals surface area contributed by atoms with E-state index in [9.17, 15) is 0 Å². The maximum atomic E-state index is 5.66. The molecule has 0 fully saturated rings. The standard InChI is InChI=1S/C15H22N4O2/c1-3-20-11-15-5-7-19-14(4-6-16-19)10-18(15)9-13-8-12(2)21-17-13/h4,6,8,15H,3,5,7,9-11H2,1-2H3. The minimum Gasteiger partial charge on any atom is -0.380 e. The van der Waals surface area contributed by atoms with Gasteiger partial charge in [-0.25, -0.2) is 0 Å². The van der Waals surface area contributed by atoms with Crippen LogP contribution in [0.1, 0.15) is 30.5 Å². The van der Waals surface area contributed by atoms with Crippen molar-refractivity contribution in [2.75, 3.05) is 13.2 Å². The third kappa shape index (κ3) is 3.33. The molecule has 0 aromatic carbocycles. The molecule has 0 N–H and O–H groups in total. The fourth-order valence-corrected chi connectivity index (χ4v) is 2.81. The van der Waals surface area contributed by atoms with Crippen LogP contribution < -0.4 is 0 Å². The quantitative estimate of drug-likeness (QED) is 0.843. The van der Waals surface area contributed by atoms with Crippen LogP contribution in [0.2, 0.25) is 0 Å². The van der Waals surface area contributed by atoms with E-state index in [1.807, 2.05) is 26.1 Å². The smallest absolute Gasteiger partial charge is 0.133 e. The molecule has 0 spiro atoms. The first-order valence-corrected chi connectivity index (χ1v) is 7.51. The highest BCUT2D eigenvalue weighted by atomic mass is 16.5. The maximum absolute atomic E-state index is 5.66. The molecule has 1 aliphatic heterocycles. The van der Waals surface area contributed by atoms with Crippen LogP contribution >= 0.6 is 0 Å². The molecule has 6 nitrogen and oxygen atoms in total. The van der Waals surface area contributed by atoms with Crippen LogP contribution in [0.15, 0.2) is 22.9 Å². The summed E-state index contributed by atoms with van der Waals surface area (Å²) in [5.41, 5.74) is 2.22. The summed E-state index contributed by atoms with van der Waals surface area (Å²) in [6.07, 6.45) is 2.90. The van der Waals surface area contributed by atoms with Crippen LogP contribution in [0.5, 0.6) is 0 Å². The van der Waals surface area contributed by atoms with Gasteiger partial charge in [0.2, 0.25) is 0 Å². The van der Waals surface area contributed by atoms with E-state index < -0.39 is 0 Å². The second-order valence-electron chi connectivity index (χ2n) is 5.48. The van der Waals surface area contributed by atoms with Gasteiger partial charge in [-0.05, 0) is 26.3 Å². The Hall–Kier alpha value is -1.66. The van der Waals surface area contributed by atoms with Crippen LogP contribution in [-0.4, -0.2) is 39.1 Å². The number of hydrogen-bond donors (Lipinski definition) is 0. The van der Waals surface area contributed by atoms with Crippen LogP contribution in [0.25, 0.3) is 0 Å². The van der Waals surface area contributed by atoms with Gasteiger partial charge in [0.15, 0.2) is 0 Å². The molecule has 2 aromatic heterocycles. The van der Waals surface area contributed by atoms with Crippen molar-refractivity contribution in [3.8, 4) is 0 Å². The van der Waals surface area contributed by atoms with E-state index in [1.54, 1.807) is 0 Å². The van der Waals surface area contributed by atoms with Gasteiger partial charge in [-0.15, -0.1) is 0 Å². The predicted octanol–water partition coefficient (Wildman–Crippen LogP) is 1.99. The Labute approximate surface area is 124 Å². The van der Waals surface area contributed by atoms with Crippen LogP contribution in [-0.2, 0) is 24.4 Å². The highest BCUT2D eigenvalue weighted by molar-refractivity contribution is 5.07. The van der Waals surface area contributed by atoms with E-state index in [0.717, 1.165) is 50.7 Å². The fourth-order valence-electron chi connectivity index (χ4n) is 2.81. The van der Waals surface area contributed by atoms with Crippen molar-refractivity contribution in [2.24, 2.45) is 0 Å². The largest absolute Gasteiger partial charge is 0.380 e. The third-order valence-electron chi connectivity index (χ3n) is 3.92. The van der Waals surface area contributed by atoms with Crippen molar-refractivity contribution in [3.05, 3.63) is 35.5 Å². The van der Waals surface area contributed by atoms with Crippen molar-refractivity contribution >= 4 is 0 Å². The Morgan fingerprint density at radius 1 is 1.48 bits per heavy atom. The van der Waals surface area contributed by atoms with Gasteiger partial charge in [-0.3, -0.25) is 9.58 Å². The zero-order valence-electron chi connectivity index (χ0n) is 12.7. The topological polar surface area (TPSA) is 56.3 Å². The van der Waals surface area contributed by atoms with Crippen molar-refractivity contribution < 1.29 is 9.26 Å². The van der Waals surface area contributed by atoms with Gasteiger partial charge in [0.05, 0.1) is 18.0 Å². The number of nitrogens with zero attached hydrogens (tertiary/aromatic N) is 4. The Morgan fingerprint density at radius 2 is 2.38 bits per heavy atom. The first-order valence-electron chi connectivity index (χ1n) is 7.51. The Balaban J connectivity index is 1.76. The predicted molar refractivity (Wildman–Crippen MR) is 77.6 cm³/mol. The van der Waals surface area contributed by atoms with Gasteiger partial charge in [0.1, 0.15) is 5.76 Å². The molecule has 21 heavy (non-hydrogen) atoms. The van der Waals surface area contributed by atoms with Gasteiger partial charge in [0, 0.05) is 44.5 Å². The van der Waals surface area contributed by atoms with E-state index in [1.165, 1.54) is 5.69 Å². The molecule has 1 unspecified atom stereocenters. The Kier molecular flexibility index (Phi) is 4.36. The second-order valence-corrected chi connectivity index (χ2v) is 5.48. The lowest BCUT2D eigenvalue weighted by Gasteiger charge is -2.28. The molecule has 3 rings (SSSR count). The Morgan fingerprint density at radius 3 is 3.14 bits per heavy atom. The van der Waals surface area contributed by atoms with E-state index in [-0.39, 0.29) is 0 Å². The molecule has 2 aromatic rings. The number of ether oxygens (including phenoxy) is 1. The minimum absolute atomic E-state index is 0.378. The molecule has 0 saturated heterocycles. The zero-order chi connectivity index (χ0) is 14.7. The summed E-state index contributed by atoms with van der Waals surface area (Å²) in [6.45, 7) is 8.03. The number of aryl methyl sites for hydroxylation is 2. The third-order valence-corrected chi connectivity index (χ3v) is 3.92.